The fraction of sp³-hybridized carbons (Fsp3) is 0.421. The molecule has 1 aliphatic heterocycles. The largest absolute Gasteiger partial charge is 0.497 e. The summed E-state index contributed by atoms with van der Waals surface area (Å²) in [7, 11) is 1.67. The zero-order chi connectivity index (χ0) is 17.9. The summed E-state index contributed by atoms with van der Waals surface area (Å²) in [6, 6.07) is 7.93. The average molecular weight is 352 g/mol. The molecule has 0 bridgehead atoms. The number of rotatable bonds is 4. The molecule has 1 aromatic carbocycles. The van der Waals surface area contributed by atoms with Crippen molar-refractivity contribution in [3.05, 3.63) is 30.6 Å². The molecule has 3 aromatic rings. The van der Waals surface area contributed by atoms with Gasteiger partial charge in [-0.2, -0.15) is 4.98 Å². The molecule has 7 nitrogen and oxygen atoms in total. The molecule has 1 aliphatic rings. The Bertz CT molecular complexity index is 875. The van der Waals surface area contributed by atoms with E-state index in [4.69, 9.17) is 14.7 Å². The van der Waals surface area contributed by atoms with E-state index in [-0.39, 0.29) is 0 Å². The van der Waals surface area contributed by atoms with Crippen LogP contribution >= 0.6 is 0 Å². The Kier molecular flexibility index (Phi) is 4.71. The van der Waals surface area contributed by atoms with E-state index in [2.05, 4.69) is 27.1 Å². The molecule has 1 saturated heterocycles. The van der Waals surface area contributed by atoms with Crippen LogP contribution in [0.15, 0.2) is 30.6 Å². The number of benzene rings is 1. The highest BCUT2D eigenvalue weighted by atomic mass is 16.5. The predicted molar refractivity (Wildman–Crippen MR) is 103 cm³/mol. The van der Waals surface area contributed by atoms with Crippen molar-refractivity contribution < 1.29 is 4.74 Å². The second kappa shape index (κ2) is 7.29. The number of anilines is 1. The van der Waals surface area contributed by atoms with Crippen molar-refractivity contribution in [1.82, 2.24) is 25.3 Å². The van der Waals surface area contributed by atoms with Gasteiger partial charge < -0.3 is 19.9 Å². The van der Waals surface area contributed by atoms with E-state index in [1.54, 1.807) is 13.4 Å². The van der Waals surface area contributed by atoms with E-state index >= 15 is 0 Å². The molecule has 1 fully saturated rings. The maximum absolute atomic E-state index is 5.27. The minimum atomic E-state index is 0.598. The number of nitrogens with zero attached hydrogens (tertiary/aromatic N) is 4. The number of aromatic amines is 1. The molecule has 4 rings (SSSR count). The van der Waals surface area contributed by atoms with Gasteiger partial charge in [0.15, 0.2) is 5.65 Å². The number of hydrogen-bond donors (Lipinski definition) is 2. The summed E-state index contributed by atoms with van der Waals surface area (Å²) in [5, 5.41) is 3.51. The lowest BCUT2D eigenvalue weighted by atomic mass is 10.1. The van der Waals surface area contributed by atoms with Crippen LogP contribution < -0.4 is 15.0 Å². The molecule has 26 heavy (non-hydrogen) atoms. The average Bonchev–Trinajstić information content (AvgIpc) is 3.03. The number of ether oxygens (including phenoxy) is 1. The van der Waals surface area contributed by atoms with E-state index in [9.17, 15) is 0 Å². The van der Waals surface area contributed by atoms with Gasteiger partial charge >= 0.3 is 0 Å². The Hall–Kier alpha value is -2.67. The summed E-state index contributed by atoms with van der Waals surface area (Å²) in [4.78, 5) is 19.5. The standard InChI is InChI=1S/C19H24N6O/c1-3-13-10-20-8-9-25(11-13)19-23-16(17-18(24-19)22-12-21-17)14-4-6-15(26-2)7-5-14/h4-7,12-13,20H,3,8-11H2,1-2H3,(H,21,22,23,24). The first kappa shape index (κ1) is 16.8. The van der Waals surface area contributed by atoms with Gasteiger partial charge in [0.1, 0.15) is 17.0 Å². The Balaban J connectivity index is 1.76. The van der Waals surface area contributed by atoms with Crippen molar-refractivity contribution in [2.45, 2.75) is 13.3 Å². The molecule has 3 heterocycles. The SMILES string of the molecule is CCC1CNCCN(c2nc(-c3ccc(OC)cc3)c3[nH]cnc3n2)C1. The van der Waals surface area contributed by atoms with Crippen LogP contribution in [0.25, 0.3) is 22.4 Å². The Morgan fingerprint density at radius 2 is 2.08 bits per heavy atom. The van der Waals surface area contributed by atoms with Crippen molar-refractivity contribution in [2.75, 3.05) is 38.2 Å². The predicted octanol–water partition coefficient (Wildman–Crippen LogP) is 2.46. The zero-order valence-electron chi connectivity index (χ0n) is 15.2. The lowest BCUT2D eigenvalue weighted by Crippen LogP contribution is -2.31. The van der Waals surface area contributed by atoms with Crippen molar-refractivity contribution in [3.63, 3.8) is 0 Å². The highest BCUT2D eigenvalue weighted by Gasteiger charge is 2.21. The topological polar surface area (TPSA) is 79.0 Å². The number of imidazole rings is 1. The fourth-order valence-electron chi connectivity index (χ4n) is 3.36. The van der Waals surface area contributed by atoms with E-state index in [1.165, 1.54) is 0 Å². The van der Waals surface area contributed by atoms with E-state index < -0.39 is 0 Å². The van der Waals surface area contributed by atoms with E-state index in [0.29, 0.717) is 11.6 Å². The molecule has 1 unspecified atom stereocenters. The normalized spacial score (nSPS) is 18.1. The van der Waals surface area contributed by atoms with Crippen molar-refractivity contribution in [2.24, 2.45) is 5.92 Å². The summed E-state index contributed by atoms with van der Waals surface area (Å²) in [5.41, 5.74) is 3.45. The van der Waals surface area contributed by atoms with Crippen LogP contribution in [0.2, 0.25) is 0 Å². The summed E-state index contributed by atoms with van der Waals surface area (Å²) < 4.78 is 5.27. The number of methoxy groups -OCH3 is 1. The highest BCUT2D eigenvalue weighted by molar-refractivity contribution is 5.88. The monoisotopic (exact) mass is 352 g/mol. The molecule has 2 aromatic heterocycles. The Labute approximate surface area is 152 Å². The van der Waals surface area contributed by atoms with Crippen molar-refractivity contribution >= 4 is 17.1 Å². The maximum atomic E-state index is 5.27. The van der Waals surface area contributed by atoms with Crippen molar-refractivity contribution in [3.8, 4) is 17.0 Å². The molecule has 136 valence electrons. The number of hydrogen-bond acceptors (Lipinski definition) is 6. The molecule has 0 saturated carbocycles. The third-order valence-corrected chi connectivity index (χ3v) is 4.97. The molecular formula is C19H24N6O. The van der Waals surface area contributed by atoms with Gasteiger partial charge in [0.05, 0.1) is 13.4 Å². The van der Waals surface area contributed by atoms with E-state index in [1.807, 2.05) is 24.3 Å². The first-order chi connectivity index (χ1) is 12.8. The Morgan fingerprint density at radius 3 is 2.85 bits per heavy atom. The van der Waals surface area contributed by atoms with Gasteiger partial charge in [-0.3, -0.25) is 0 Å². The summed E-state index contributed by atoms with van der Waals surface area (Å²) in [6.07, 6.45) is 2.81. The smallest absolute Gasteiger partial charge is 0.228 e. The molecule has 0 amide bonds. The van der Waals surface area contributed by atoms with Gasteiger partial charge in [0.2, 0.25) is 5.95 Å². The van der Waals surface area contributed by atoms with Crippen molar-refractivity contribution in [1.29, 1.82) is 0 Å². The van der Waals surface area contributed by atoms with Crippen LogP contribution in [0, 0.1) is 5.92 Å². The lowest BCUT2D eigenvalue weighted by molar-refractivity contribution is 0.415. The summed E-state index contributed by atoms with van der Waals surface area (Å²) in [6.45, 7) is 6.08. The quantitative estimate of drug-likeness (QED) is 0.751. The number of aromatic nitrogens is 4. The number of fused-ring (bicyclic) bond motifs is 1. The van der Waals surface area contributed by atoms with Crippen LogP contribution in [0.1, 0.15) is 13.3 Å². The van der Waals surface area contributed by atoms with Gasteiger partial charge in [-0.15, -0.1) is 0 Å². The zero-order valence-corrected chi connectivity index (χ0v) is 15.2. The maximum Gasteiger partial charge on any atom is 0.228 e. The fourth-order valence-corrected chi connectivity index (χ4v) is 3.36. The first-order valence-corrected chi connectivity index (χ1v) is 9.09. The summed E-state index contributed by atoms with van der Waals surface area (Å²) in [5.74, 6) is 2.17. The molecular weight excluding hydrogens is 328 g/mol. The minimum absolute atomic E-state index is 0.598. The molecule has 0 spiro atoms. The molecule has 7 heteroatoms. The van der Waals surface area contributed by atoms with Crippen LogP contribution in [0.3, 0.4) is 0 Å². The van der Waals surface area contributed by atoms with Gasteiger partial charge in [0.25, 0.3) is 0 Å². The van der Waals surface area contributed by atoms with E-state index in [0.717, 1.165) is 61.1 Å². The number of nitrogens with one attached hydrogen (secondary N) is 2. The van der Waals surface area contributed by atoms with Gasteiger partial charge in [0, 0.05) is 25.2 Å². The van der Waals surface area contributed by atoms with Gasteiger partial charge in [-0.25, -0.2) is 9.97 Å². The lowest BCUT2D eigenvalue weighted by Gasteiger charge is -2.23. The summed E-state index contributed by atoms with van der Waals surface area (Å²) >= 11 is 0. The third-order valence-electron chi connectivity index (χ3n) is 4.97. The van der Waals surface area contributed by atoms with Crippen LogP contribution in [0.4, 0.5) is 5.95 Å². The molecule has 0 radical (unpaired) electrons. The van der Waals surface area contributed by atoms with Gasteiger partial charge in [-0.1, -0.05) is 13.3 Å². The second-order valence-electron chi connectivity index (χ2n) is 6.63. The second-order valence-corrected chi connectivity index (χ2v) is 6.63. The highest BCUT2D eigenvalue weighted by Crippen LogP contribution is 2.28. The van der Waals surface area contributed by atoms with Crippen LogP contribution in [-0.4, -0.2) is 53.2 Å². The number of H-pyrrole nitrogens is 1. The first-order valence-electron chi connectivity index (χ1n) is 9.09. The van der Waals surface area contributed by atoms with Crippen LogP contribution in [-0.2, 0) is 0 Å². The van der Waals surface area contributed by atoms with Crippen LogP contribution in [0.5, 0.6) is 5.75 Å². The molecule has 0 aliphatic carbocycles. The molecule has 2 N–H and O–H groups in total. The minimum Gasteiger partial charge on any atom is -0.497 e. The Morgan fingerprint density at radius 1 is 1.23 bits per heavy atom. The van der Waals surface area contributed by atoms with Gasteiger partial charge in [-0.05, 0) is 36.7 Å². The molecule has 1 atom stereocenters. The third kappa shape index (κ3) is 3.22.